The molecule has 0 unspecified atom stereocenters. The van der Waals surface area contributed by atoms with Gasteiger partial charge in [-0.2, -0.15) is 0 Å². The standard InChI is InChI=1S/C19H22N4O3S/c24-18(23-10-7-19(8-11-23)13-21-14-19)16-5-1-2-6-17(16)27(25,26)22-15-4-3-9-20-12-15/h1-6,9,12,21-22H,7-8,10-11,13-14H2. The molecule has 2 aliphatic rings. The van der Waals surface area contributed by atoms with Crippen LogP contribution in [0.5, 0.6) is 0 Å². The van der Waals surface area contributed by atoms with E-state index in [2.05, 4.69) is 15.0 Å². The summed E-state index contributed by atoms with van der Waals surface area (Å²) in [5, 5.41) is 3.30. The minimum Gasteiger partial charge on any atom is -0.339 e. The number of nitrogens with zero attached hydrogens (tertiary/aromatic N) is 2. The molecular formula is C19H22N4O3S. The second-order valence-corrected chi connectivity index (χ2v) is 8.89. The molecule has 2 aliphatic heterocycles. The van der Waals surface area contributed by atoms with Crippen LogP contribution in [0.4, 0.5) is 5.69 Å². The van der Waals surface area contributed by atoms with E-state index in [9.17, 15) is 13.2 Å². The molecule has 3 heterocycles. The molecular weight excluding hydrogens is 364 g/mol. The van der Waals surface area contributed by atoms with Crippen LogP contribution < -0.4 is 10.0 Å². The molecule has 2 saturated heterocycles. The van der Waals surface area contributed by atoms with Crippen LogP contribution in [0.15, 0.2) is 53.7 Å². The van der Waals surface area contributed by atoms with Crippen molar-refractivity contribution >= 4 is 21.6 Å². The van der Waals surface area contributed by atoms with Gasteiger partial charge in [0.2, 0.25) is 0 Å². The van der Waals surface area contributed by atoms with Crippen LogP contribution in [0.25, 0.3) is 0 Å². The van der Waals surface area contributed by atoms with Crippen LogP contribution in [-0.4, -0.2) is 50.4 Å². The monoisotopic (exact) mass is 386 g/mol. The molecule has 1 aromatic carbocycles. The highest BCUT2D eigenvalue weighted by atomic mass is 32.2. The van der Waals surface area contributed by atoms with E-state index in [1.54, 1.807) is 41.4 Å². The van der Waals surface area contributed by atoms with Gasteiger partial charge in [-0.3, -0.25) is 14.5 Å². The van der Waals surface area contributed by atoms with Crippen molar-refractivity contribution in [3.8, 4) is 0 Å². The first kappa shape index (κ1) is 17.9. The maximum absolute atomic E-state index is 13.0. The van der Waals surface area contributed by atoms with Crippen LogP contribution in [0.2, 0.25) is 0 Å². The number of anilines is 1. The number of sulfonamides is 1. The Bertz CT molecular complexity index is 932. The number of amides is 1. The molecule has 2 fully saturated rings. The summed E-state index contributed by atoms with van der Waals surface area (Å²) in [6, 6.07) is 9.62. The second-order valence-electron chi connectivity index (χ2n) is 7.24. The molecule has 0 radical (unpaired) electrons. The third-order valence-electron chi connectivity index (χ3n) is 5.43. The molecule has 0 aliphatic carbocycles. The maximum Gasteiger partial charge on any atom is 0.262 e. The zero-order valence-corrected chi connectivity index (χ0v) is 15.7. The molecule has 7 nitrogen and oxygen atoms in total. The van der Waals surface area contributed by atoms with Crippen molar-refractivity contribution in [1.29, 1.82) is 0 Å². The first-order chi connectivity index (χ1) is 13.0. The Morgan fingerprint density at radius 2 is 1.85 bits per heavy atom. The Balaban J connectivity index is 1.56. The molecule has 1 amide bonds. The maximum atomic E-state index is 13.0. The molecule has 1 spiro atoms. The third kappa shape index (κ3) is 3.54. The van der Waals surface area contributed by atoms with E-state index in [1.165, 1.54) is 12.3 Å². The molecule has 1 aromatic heterocycles. The molecule has 0 saturated carbocycles. The van der Waals surface area contributed by atoms with Crippen molar-refractivity contribution in [2.24, 2.45) is 5.41 Å². The summed E-state index contributed by atoms with van der Waals surface area (Å²) in [6.45, 7) is 3.33. The zero-order chi connectivity index (χ0) is 18.9. The van der Waals surface area contributed by atoms with Gasteiger partial charge in [-0.1, -0.05) is 12.1 Å². The summed E-state index contributed by atoms with van der Waals surface area (Å²) in [6.07, 6.45) is 4.90. The molecule has 27 heavy (non-hydrogen) atoms. The van der Waals surface area contributed by atoms with Crippen LogP contribution in [0, 0.1) is 5.41 Å². The van der Waals surface area contributed by atoms with E-state index in [0.29, 0.717) is 24.2 Å². The smallest absolute Gasteiger partial charge is 0.262 e. The van der Waals surface area contributed by atoms with Gasteiger partial charge >= 0.3 is 0 Å². The number of pyridine rings is 1. The lowest BCUT2D eigenvalue weighted by atomic mass is 9.73. The topological polar surface area (TPSA) is 91.4 Å². The van der Waals surface area contributed by atoms with E-state index in [-0.39, 0.29) is 16.4 Å². The number of rotatable bonds is 4. The van der Waals surface area contributed by atoms with Crippen molar-refractivity contribution < 1.29 is 13.2 Å². The van der Waals surface area contributed by atoms with Gasteiger partial charge in [0, 0.05) is 32.4 Å². The predicted octanol–water partition coefficient (Wildman–Crippen LogP) is 1.71. The van der Waals surface area contributed by atoms with Crippen LogP contribution in [-0.2, 0) is 10.0 Å². The Kier molecular flexibility index (Phi) is 4.61. The van der Waals surface area contributed by atoms with Gasteiger partial charge in [-0.25, -0.2) is 8.42 Å². The average molecular weight is 386 g/mol. The summed E-state index contributed by atoms with van der Waals surface area (Å²) < 4.78 is 28.2. The van der Waals surface area contributed by atoms with Crippen LogP contribution in [0.3, 0.4) is 0 Å². The Labute approximate surface area is 158 Å². The van der Waals surface area contributed by atoms with Gasteiger partial charge < -0.3 is 10.2 Å². The first-order valence-electron chi connectivity index (χ1n) is 9.01. The fraction of sp³-hybridized carbons (Fsp3) is 0.368. The quantitative estimate of drug-likeness (QED) is 0.835. The van der Waals surface area contributed by atoms with Gasteiger partial charge in [0.25, 0.3) is 15.9 Å². The lowest BCUT2D eigenvalue weighted by Gasteiger charge is -2.48. The van der Waals surface area contributed by atoms with Gasteiger partial charge in [0.1, 0.15) is 4.90 Å². The van der Waals surface area contributed by atoms with Crippen molar-refractivity contribution in [2.45, 2.75) is 17.7 Å². The van der Waals surface area contributed by atoms with Crippen LogP contribution in [0.1, 0.15) is 23.2 Å². The van der Waals surface area contributed by atoms with E-state index >= 15 is 0 Å². The summed E-state index contributed by atoms with van der Waals surface area (Å²) >= 11 is 0. The van der Waals surface area contributed by atoms with Gasteiger partial charge in [-0.05, 0) is 42.5 Å². The van der Waals surface area contributed by atoms with E-state index in [0.717, 1.165) is 25.9 Å². The fourth-order valence-corrected chi connectivity index (χ4v) is 4.94. The number of benzene rings is 1. The minimum absolute atomic E-state index is 0.00977. The lowest BCUT2D eigenvalue weighted by molar-refractivity contribution is 0.0412. The van der Waals surface area contributed by atoms with Crippen molar-refractivity contribution in [2.75, 3.05) is 30.9 Å². The molecule has 0 atom stereocenters. The number of hydrogen-bond acceptors (Lipinski definition) is 5. The molecule has 0 bridgehead atoms. The van der Waals surface area contributed by atoms with Gasteiger partial charge in [0.15, 0.2) is 0 Å². The second kappa shape index (κ2) is 6.94. The number of aromatic nitrogens is 1. The summed E-state index contributed by atoms with van der Waals surface area (Å²) in [7, 11) is -3.89. The van der Waals surface area contributed by atoms with Crippen LogP contribution >= 0.6 is 0 Å². The zero-order valence-electron chi connectivity index (χ0n) is 14.9. The summed E-state index contributed by atoms with van der Waals surface area (Å²) in [5.74, 6) is -0.232. The largest absolute Gasteiger partial charge is 0.339 e. The molecule has 2 N–H and O–H groups in total. The number of piperidine rings is 1. The number of carbonyl (C=O) groups excluding carboxylic acids is 1. The third-order valence-corrected chi connectivity index (χ3v) is 6.87. The molecule has 4 rings (SSSR count). The van der Waals surface area contributed by atoms with Crippen molar-refractivity contribution in [3.63, 3.8) is 0 Å². The number of carbonyl (C=O) groups is 1. The van der Waals surface area contributed by atoms with Crippen molar-refractivity contribution in [1.82, 2.24) is 15.2 Å². The first-order valence-corrected chi connectivity index (χ1v) is 10.5. The molecule has 142 valence electrons. The lowest BCUT2D eigenvalue weighted by Crippen LogP contribution is -2.58. The average Bonchev–Trinajstić information content (AvgIpc) is 2.67. The molecule has 8 heteroatoms. The Morgan fingerprint density at radius 3 is 2.48 bits per heavy atom. The normalized spacial score (nSPS) is 18.7. The highest BCUT2D eigenvalue weighted by Crippen LogP contribution is 2.35. The van der Waals surface area contributed by atoms with Crippen molar-refractivity contribution in [3.05, 3.63) is 54.4 Å². The van der Waals surface area contributed by atoms with Gasteiger partial charge in [0.05, 0.1) is 17.4 Å². The number of nitrogens with one attached hydrogen (secondary N) is 2. The van der Waals surface area contributed by atoms with E-state index < -0.39 is 10.0 Å². The number of hydrogen-bond donors (Lipinski definition) is 2. The van der Waals surface area contributed by atoms with E-state index in [1.807, 2.05) is 0 Å². The fourth-order valence-electron chi connectivity index (χ4n) is 3.70. The molecule has 2 aromatic rings. The summed E-state index contributed by atoms with van der Waals surface area (Å²) in [5.41, 5.74) is 0.887. The highest BCUT2D eigenvalue weighted by molar-refractivity contribution is 7.92. The Morgan fingerprint density at radius 1 is 1.11 bits per heavy atom. The predicted molar refractivity (Wildman–Crippen MR) is 102 cm³/mol. The van der Waals surface area contributed by atoms with Gasteiger partial charge in [-0.15, -0.1) is 0 Å². The summed E-state index contributed by atoms with van der Waals surface area (Å²) in [4.78, 5) is 18.7. The highest BCUT2D eigenvalue weighted by Gasteiger charge is 2.41. The Hall–Kier alpha value is -2.45. The number of likely N-dealkylation sites (tertiary alicyclic amines) is 1. The van der Waals surface area contributed by atoms with E-state index in [4.69, 9.17) is 0 Å². The SMILES string of the molecule is O=C(c1ccccc1S(=O)(=O)Nc1cccnc1)N1CCC2(CC1)CNC2. The minimum atomic E-state index is -3.89.